The molecule has 0 atom stereocenters. The lowest BCUT2D eigenvalue weighted by molar-refractivity contribution is -0.124. The SMILES string of the molecule is C#Cc1cccc(NC(=O)CNC(=O)CCC(=O)c2ccc3c(c2)CCCC3)c1. The number of fused-ring (bicyclic) bond motifs is 1. The molecular weight excluding hydrogens is 364 g/mol. The average Bonchev–Trinajstić information content (AvgIpc) is 2.75. The summed E-state index contributed by atoms with van der Waals surface area (Å²) in [6.45, 7) is -0.161. The zero-order valence-electron chi connectivity index (χ0n) is 16.3. The Hall–Kier alpha value is -3.39. The molecule has 0 radical (unpaired) electrons. The average molecular weight is 388 g/mol. The van der Waals surface area contributed by atoms with Gasteiger partial charge in [0.05, 0.1) is 6.54 Å². The van der Waals surface area contributed by atoms with Crippen LogP contribution in [0.15, 0.2) is 42.5 Å². The van der Waals surface area contributed by atoms with Gasteiger partial charge in [-0.05, 0) is 61.1 Å². The highest BCUT2D eigenvalue weighted by molar-refractivity contribution is 5.99. The van der Waals surface area contributed by atoms with E-state index >= 15 is 0 Å². The zero-order valence-corrected chi connectivity index (χ0v) is 16.3. The molecule has 5 heteroatoms. The van der Waals surface area contributed by atoms with Gasteiger partial charge in [-0.3, -0.25) is 14.4 Å². The van der Waals surface area contributed by atoms with Gasteiger partial charge in [-0.2, -0.15) is 0 Å². The van der Waals surface area contributed by atoms with Crippen molar-refractivity contribution in [1.82, 2.24) is 5.32 Å². The molecule has 0 unspecified atom stereocenters. The number of Topliss-reactive ketones (excluding diaryl/α,β-unsaturated/α-hetero) is 1. The van der Waals surface area contributed by atoms with Gasteiger partial charge in [0.15, 0.2) is 5.78 Å². The van der Waals surface area contributed by atoms with Gasteiger partial charge in [0, 0.05) is 29.7 Å². The molecule has 3 rings (SSSR count). The van der Waals surface area contributed by atoms with Crippen LogP contribution in [-0.2, 0) is 22.4 Å². The summed E-state index contributed by atoms with van der Waals surface area (Å²) in [5.41, 5.74) is 4.46. The fourth-order valence-corrected chi connectivity index (χ4v) is 3.44. The summed E-state index contributed by atoms with van der Waals surface area (Å²) in [5.74, 6) is 1.76. The first-order valence-corrected chi connectivity index (χ1v) is 9.83. The van der Waals surface area contributed by atoms with Crippen molar-refractivity contribution >= 4 is 23.3 Å². The van der Waals surface area contributed by atoms with E-state index in [0.717, 1.165) is 19.3 Å². The molecule has 148 valence electrons. The van der Waals surface area contributed by atoms with Gasteiger partial charge in [0.25, 0.3) is 0 Å². The Balaban J connectivity index is 1.43. The quantitative estimate of drug-likeness (QED) is 0.565. The van der Waals surface area contributed by atoms with Gasteiger partial charge in [-0.25, -0.2) is 0 Å². The molecule has 5 nitrogen and oxygen atoms in total. The Bertz CT molecular complexity index is 972. The highest BCUT2D eigenvalue weighted by atomic mass is 16.2. The second-order valence-corrected chi connectivity index (χ2v) is 7.16. The summed E-state index contributed by atoms with van der Waals surface area (Å²) in [6, 6.07) is 12.7. The lowest BCUT2D eigenvalue weighted by Gasteiger charge is -2.16. The summed E-state index contributed by atoms with van der Waals surface area (Å²) >= 11 is 0. The number of carbonyl (C=O) groups is 3. The standard InChI is InChI=1S/C24H24N2O3/c1-2-17-6-5-9-21(14-17)26-24(29)16-25-23(28)13-12-22(27)20-11-10-18-7-3-4-8-19(18)15-20/h1,5-6,9-11,14-15H,3-4,7-8,12-13,16H2,(H,25,28)(H,26,29). The van der Waals surface area contributed by atoms with Crippen LogP contribution in [0.4, 0.5) is 5.69 Å². The summed E-state index contributed by atoms with van der Waals surface area (Å²) in [4.78, 5) is 36.4. The molecule has 2 N–H and O–H groups in total. The number of carbonyl (C=O) groups excluding carboxylic acids is 3. The number of aryl methyl sites for hydroxylation is 2. The molecule has 0 aromatic heterocycles. The number of benzene rings is 2. The Morgan fingerprint density at radius 2 is 1.72 bits per heavy atom. The highest BCUT2D eigenvalue weighted by Gasteiger charge is 2.14. The van der Waals surface area contributed by atoms with E-state index in [9.17, 15) is 14.4 Å². The van der Waals surface area contributed by atoms with Crippen LogP contribution in [0.2, 0.25) is 0 Å². The second kappa shape index (κ2) is 9.70. The summed E-state index contributed by atoms with van der Waals surface area (Å²) in [7, 11) is 0. The van der Waals surface area contributed by atoms with Gasteiger partial charge in [-0.1, -0.05) is 24.1 Å². The van der Waals surface area contributed by atoms with Crippen LogP contribution in [0, 0.1) is 12.3 Å². The predicted molar refractivity (Wildman–Crippen MR) is 113 cm³/mol. The van der Waals surface area contributed by atoms with Crippen molar-refractivity contribution < 1.29 is 14.4 Å². The summed E-state index contributed by atoms with van der Waals surface area (Å²) < 4.78 is 0. The molecule has 0 aliphatic heterocycles. The fraction of sp³-hybridized carbons (Fsp3) is 0.292. The van der Waals surface area contributed by atoms with Crippen molar-refractivity contribution in [1.29, 1.82) is 0 Å². The Morgan fingerprint density at radius 3 is 2.52 bits per heavy atom. The molecular formula is C24H24N2O3. The van der Waals surface area contributed by atoms with Crippen molar-refractivity contribution in [2.24, 2.45) is 0 Å². The van der Waals surface area contributed by atoms with Crippen molar-refractivity contribution in [3.63, 3.8) is 0 Å². The minimum absolute atomic E-state index is 0.0514. The number of nitrogens with one attached hydrogen (secondary N) is 2. The van der Waals surface area contributed by atoms with Gasteiger partial charge < -0.3 is 10.6 Å². The van der Waals surface area contributed by atoms with Crippen LogP contribution in [0.25, 0.3) is 0 Å². The molecule has 0 spiro atoms. The Kier molecular flexibility index (Phi) is 6.80. The number of amides is 2. The topological polar surface area (TPSA) is 75.3 Å². The first kappa shape index (κ1) is 20.3. The fourth-order valence-electron chi connectivity index (χ4n) is 3.44. The second-order valence-electron chi connectivity index (χ2n) is 7.16. The number of ketones is 1. The molecule has 2 amide bonds. The van der Waals surface area contributed by atoms with E-state index in [1.54, 1.807) is 24.3 Å². The summed E-state index contributed by atoms with van der Waals surface area (Å²) in [6.07, 6.45) is 9.94. The monoisotopic (exact) mass is 388 g/mol. The van der Waals surface area contributed by atoms with Gasteiger partial charge >= 0.3 is 0 Å². The molecule has 0 heterocycles. The van der Waals surface area contributed by atoms with E-state index in [1.807, 2.05) is 18.2 Å². The van der Waals surface area contributed by atoms with E-state index in [1.165, 1.54) is 17.5 Å². The van der Waals surface area contributed by atoms with Crippen LogP contribution in [0.1, 0.15) is 52.7 Å². The minimum atomic E-state index is -0.353. The molecule has 1 aliphatic rings. The molecule has 2 aromatic carbocycles. The van der Waals surface area contributed by atoms with Gasteiger partial charge in [0.2, 0.25) is 11.8 Å². The molecule has 0 saturated heterocycles. The molecule has 2 aromatic rings. The van der Waals surface area contributed by atoms with Gasteiger partial charge in [0.1, 0.15) is 0 Å². The Morgan fingerprint density at radius 1 is 0.931 bits per heavy atom. The van der Waals surface area contributed by atoms with E-state index in [-0.39, 0.29) is 37.0 Å². The third-order valence-corrected chi connectivity index (χ3v) is 5.01. The van der Waals surface area contributed by atoms with E-state index in [2.05, 4.69) is 16.6 Å². The Labute approximate surface area is 170 Å². The molecule has 0 fully saturated rings. The van der Waals surface area contributed by atoms with Crippen LogP contribution in [0.5, 0.6) is 0 Å². The van der Waals surface area contributed by atoms with E-state index in [4.69, 9.17) is 6.42 Å². The van der Waals surface area contributed by atoms with Crippen molar-refractivity contribution in [2.75, 3.05) is 11.9 Å². The number of anilines is 1. The molecule has 29 heavy (non-hydrogen) atoms. The number of hydrogen-bond acceptors (Lipinski definition) is 3. The lowest BCUT2D eigenvalue weighted by atomic mass is 9.89. The van der Waals surface area contributed by atoms with Crippen molar-refractivity contribution in [2.45, 2.75) is 38.5 Å². The van der Waals surface area contributed by atoms with Crippen molar-refractivity contribution in [3.05, 3.63) is 64.7 Å². The highest BCUT2D eigenvalue weighted by Crippen LogP contribution is 2.23. The smallest absolute Gasteiger partial charge is 0.243 e. The van der Waals surface area contributed by atoms with Crippen molar-refractivity contribution in [3.8, 4) is 12.3 Å². The maximum absolute atomic E-state index is 12.4. The molecule has 0 saturated carbocycles. The maximum Gasteiger partial charge on any atom is 0.243 e. The molecule has 1 aliphatic carbocycles. The van der Waals surface area contributed by atoms with Crippen LogP contribution in [-0.4, -0.2) is 24.1 Å². The third kappa shape index (κ3) is 5.79. The first-order valence-electron chi connectivity index (χ1n) is 9.83. The normalized spacial score (nSPS) is 12.4. The van der Waals surface area contributed by atoms with E-state index < -0.39 is 0 Å². The third-order valence-electron chi connectivity index (χ3n) is 5.01. The maximum atomic E-state index is 12.4. The summed E-state index contributed by atoms with van der Waals surface area (Å²) in [5, 5.41) is 5.22. The van der Waals surface area contributed by atoms with Crippen LogP contribution in [0.3, 0.4) is 0 Å². The predicted octanol–water partition coefficient (Wildman–Crippen LogP) is 3.26. The zero-order chi connectivity index (χ0) is 20.6. The largest absolute Gasteiger partial charge is 0.347 e. The number of terminal acetylenes is 1. The van der Waals surface area contributed by atoms with Gasteiger partial charge in [-0.15, -0.1) is 6.42 Å². The van der Waals surface area contributed by atoms with E-state index in [0.29, 0.717) is 16.8 Å². The van der Waals surface area contributed by atoms with Crippen LogP contribution < -0.4 is 10.6 Å². The van der Waals surface area contributed by atoms with Crippen LogP contribution >= 0.6 is 0 Å². The minimum Gasteiger partial charge on any atom is -0.347 e. The first-order chi connectivity index (χ1) is 14.0. The lowest BCUT2D eigenvalue weighted by Crippen LogP contribution is -2.33. The number of rotatable bonds is 7. The molecule has 0 bridgehead atoms. The number of hydrogen-bond donors (Lipinski definition) is 2.